The number of hydrogen-bond acceptors (Lipinski definition) is 7. The van der Waals surface area contributed by atoms with Crippen molar-refractivity contribution in [1.82, 2.24) is 9.29 Å². The molecule has 1 N–H and O–H groups in total. The minimum absolute atomic E-state index is 0.203. The Morgan fingerprint density at radius 1 is 1.13 bits per heavy atom. The number of rotatable bonds is 8. The maximum Gasteiger partial charge on any atom is 0.261 e. The third-order valence-corrected chi connectivity index (χ3v) is 7.55. The second kappa shape index (κ2) is 8.99. The Hall–Kier alpha value is -2.69. The van der Waals surface area contributed by atoms with Gasteiger partial charge in [0.15, 0.2) is 16.6 Å². The van der Waals surface area contributed by atoms with Crippen molar-refractivity contribution in [2.24, 2.45) is 0 Å². The van der Waals surface area contributed by atoms with E-state index in [-0.39, 0.29) is 4.90 Å². The average Bonchev–Trinajstić information content (AvgIpc) is 3.14. The summed E-state index contributed by atoms with van der Waals surface area (Å²) < 4.78 is 38.1. The zero-order chi connectivity index (χ0) is 21.9. The molecule has 0 aliphatic rings. The molecule has 1 heterocycles. The molecule has 1 amide bonds. The maximum atomic E-state index is 12.8. The van der Waals surface area contributed by atoms with Crippen LogP contribution >= 0.6 is 11.3 Å². The van der Waals surface area contributed by atoms with E-state index in [0.29, 0.717) is 45.5 Å². The van der Waals surface area contributed by atoms with Gasteiger partial charge in [-0.2, -0.15) is 4.31 Å². The Bertz CT molecular complexity index is 1170. The summed E-state index contributed by atoms with van der Waals surface area (Å²) in [6.45, 7) is 4.38. The molecule has 10 heteroatoms. The maximum absolute atomic E-state index is 12.8. The number of benzene rings is 2. The van der Waals surface area contributed by atoms with Crippen molar-refractivity contribution < 1.29 is 22.7 Å². The number of para-hydroxylation sites is 1. The molecule has 8 nitrogen and oxygen atoms in total. The number of nitrogens with zero attached hydrogens (tertiary/aromatic N) is 2. The van der Waals surface area contributed by atoms with Crippen LogP contribution in [0.2, 0.25) is 0 Å². The molecule has 3 aromatic rings. The van der Waals surface area contributed by atoms with E-state index in [2.05, 4.69) is 10.3 Å². The molecule has 0 unspecified atom stereocenters. The summed E-state index contributed by atoms with van der Waals surface area (Å²) in [5, 5.41) is 3.11. The number of carbonyl (C=O) groups excluding carboxylic acids is 1. The highest BCUT2D eigenvalue weighted by Gasteiger charge is 2.23. The van der Waals surface area contributed by atoms with Crippen LogP contribution in [-0.2, 0) is 10.0 Å². The molecule has 0 saturated heterocycles. The molecule has 1 aromatic heterocycles. The quantitative estimate of drug-likeness (QED) is 0.564. The highest BCUT2D eigenvalue weighted by Crippen LogP contribution is 2.33. The van der Waals surface area contributed by atoms with E-state index in [4.69, 9.17) is 9.47 Å². The van der Waals surface area contributed by atoms with Gasteiger partial charge in [0.1, 0.15) is 0 Å². The van der Waals surface area contributed by atoms with Gasteiger partial charge in [0.2, 0.25) is 10.0 Å². The molecule has 0 spiro atoms. The first-order chi connectivity index (χ1) is 14.3. The standard InChI is InChI=1S/C20H23N3O5S2/c1-5-23(6-2)30(25,26)13-10-11-15-17(12-13)29-20(21-15)22-19(24)14-8-7-9-16(27-3)18(14)28-4/h7-12H,5-6H2,1-4H3,(H,21,22,24). The van der Waals surface area contributed by atoms with Gasteiger partial charge in [0, 0.05) is 13.1 Å². The molecule has 0 atom stereocenters. The molecule has 0 aliphatic carbocycles. The number of nitrogens with one attached hydrogen (secondary N) is 1. The van der Waals surface area contributed by atoms with Gasteiger partial charge < -0.3 is 9.47 Å². The predicted octanol–water partition coefficient (Wildman–Crippen LogP) is 3.60. The van der Waals surface area contributed by atoms with Crippen molar-refractivity contribution in [3.63, 3.8) is 0 Å². The zero-order valence-electron chi connectivity index (χ0n) is 17.1. The number of carbonyl (C=O) groups is 1. The highest BCUT2D eigenvalue weighted by atomic mass is 32.2. The lowest BCUT2D eigenvalue weighted by Crippen LogP contribution is -2.30. The molecule has 30 heavy (non-hydrogen) atoms. The van der Waals surface area contributed by atoms with Crippen LogP contribution in [0.15, 0.2) is 41.3 Å². The fourth-order valence-corrected chi connectivity index (χ4v) is 5.52. The van der Waals surface area contributed by atoms with E-state index in [1.807, 2.05) is 0 Å². The minimum Gasteiger partial charge on any atom is -0.493 e. The van der Waals surface area contributed by atoms with E-state index in [1.54, 1.807) is 44.2 Å². The highest BCUT2D eigenvalue weighted by molar-refractivity contribution is 7.89. The van der Waals surface area contributed by atoms with Gasteiger partial charge in [0.05, 0.1) is 34.9 Å². The first-order valence-corrected chi connectivity index (χ1v) is 11.5. The van der Waals surface area contributed by atoms with Crippen LogP contribution in [0.25, 0.3) is 10.2 Å². The molecule has 0 bridgehead atoms. The van der Waals surface area contributed by atoms with Crippen LogP contribution in [0.5, 0.6) is 11.5 Å². The van der Waals surface area contributed by atoms with E-state index in [0.717, 1.165) is 0 Å². The summed E-state index contributed by atoms with van der Waals surface area (Å²) in [5.74, 6) is 0.368. The number of hydrogen-bond donors (Lipinski definition) is 1. The van der Waals surface area contributed by atoms with Crippen LogP contribution in [0.1, 0.15) is 24.2 Å². The van der Waals surface area contributed by atoms with Crippen molar-refractivity contribution in [2.45, 2.75) is 18.7 Å². The average molecular weight is 450 g/mol. The number of aromatic nitrogens is 1. The number of thiazole rings is 1. The molecular formula is C20H23N3O5S2. The van der Waals surface area contributed by atoms with Crippen molar-refractivity contribution in [3.8, 4) is 11.5 Å². The Morgan fingerprint density at radius 3 is 2.50 bits per heavy atom. The monoisotopic (exact) mass is 449 g/mol. The number of sulfonamides is 1. The Morgan fingerprint density at radius 2 is 1.87 bits per heavy atom. The number of methoxy groups -OCH3 is 2. The fraction of sp³-hybridized carbons (Fsp3) is 0.300. The molecule has 0 radical (unpaired) electrons. The number of anilines is 1. The van der Waals surface area contributed by atoms with Crippen LogP contribution < -0.4 is 14.8 Å². The molecule has 0 saturated carbocycles. The third-order valence-electron chi connectivity index (χ3n) is 4.57. The molecule has 160 valence electrons. The van der Waals surface area contributed by atoms with Gasteiger partial charge in [0.25, 0.3) is 5.91 Å². The first kappa shape index (κ1) is 22.0. The summed E-state index contributed by atoms with van der Waals surface area (Å²) in [6.07, 6.45) is 0. The van der Waals surface area contributed by atoms with E-state index < -0.39 is 15.9 Å². The van der Waals surface area contributed by atoms with Gasteiger partial charge >= 0.3 is 0 Å². The molecular weight excluding hydrogens is 426 g/mol. The van der Waals surface area contributed by atoms with Crippen molar-refractivity contribution in [2.75, 3.05) is 32.6 Å². The topological polar surface area (TPSA) is 97.8 Å². The lowest BCUT2D eigenvalue weighted by Gasteiger charge is -2.18. The Labute approximate surface area is 179 Å². The van der Waals surface area contributed by atoms with Crippen molar-refractivity contribution >= 4 is 42.6 Å². The van der Waals surface area contributed by atoms with E-state index in [1.165, 1.54) is 35.9 Å². The summed E-state index contributed by atoms with van der Waals surface area (Å²) >= 11 is 1.20. The van der Waals surface area contributed by atoms with Gasteiger partial charge in [-0.05, 0) is 30.3 Å². The zero-order valence-corrected chi connectivity index (χ0v) is 18.8. The largest absolute Gasteiger partial charge is 0.493 e. The summed E-state index contributed by atoms with van der Waals surface area (Å²) in [7, 11) is -0.612. The number of fused-ring (bicyclic) bond motifs is 1. The Kier molecular flexibility index (Phi) is 6.59. The summed E-state index contributed by atoms with van der Waals surface area (Å²) in [5.41, 5.74) is 0.910. The van der Waals surface area contributed by atoms with Gasteiger partial charge in [-0.3, -0.25) is 10.1 Å². The predicted molar refractivity (Wildman–Crippen MR) is 117 cm³/mol. The van der Waals surface area contributed by atoms with Gasteiger partial charge in [-0.15, -0.1) is 0 Å². The summed E-state index contributed by atoms with van der Waals surface area (Å²) in [6, 6.07) is 9.78. The molecule has 3 rings (SSSR count). The second-order valence-corrected chi connectivity index (χ2v) is 9.20. The Balaban J connectivity index is 1.91. The first-order valence-electron chi connectivity index (χ1n) is 9.28. The lowest BCUT2D eigenvalue weighted by atomic mass is 10.1. The van der Waals surface area contributed by atoms with Crippen LogP contribution in [0, 0.1) is 0 Å². The van der Waals surface area contributed by atoms with Crippen molar-refractivity contribution in [3.05, 3.63) is 42.0 Å². The third kappa shape index (κ3) is 4.11. The van der Waals surface area contributed by atoms with Crippen LogP contribution in [0.3, 0.4) is 0 Å². The minimum atomic E-state index is -3.57. The van der Waals surface area contributed by atoms with Crippen molar-refractivity contribution in [1.29, 1.82) is 0 Å². The van der Waals surface area contributed by atoms with Crippen LogP contribution in [0.4, 0.5) is 5.13 Å². The van der Waals surface area contributed by atoms with E-state index >= 15 is 0 Å². The molecule has 0 aliphatic heterocycles. The SMILES string of the molecule is CCN(CC)S(=O)(=O)c1ccc2nc(NC(=O)c3cccc(OC)c3OC)sc2c1. The van der Waals surface area contributed by atoms with E-state index in [9.17, 15) is 13.2 Å². The second-order valence-electron chi connectivity index (χ2n) is 6.23. The number of amides is 1. The van der Waals surface area contributed by atoms with Crippen LogP contribution in [-0.4, -0.2) is 50.9 Å². The normalized spacial score (nSPS) is 11.6. The molecule has 2 aromatic carbocycles. The molecule has 0 fully saturated rings. The fourth-order valence-electron chi connectivity index (χ4n) is 3.06. The van der Waals surface area contributed by atoms with Gasteiger partial charge in [-0.1, -0.05) is 31.3 Å². The lowest BCUT2D eigenvalue weighted by molar-refractivity contribution is 0.102. The summed E-state index contributed by atoms with van der Waals surface area (Å²) in [4.78, 5) is 17.3. The smallest absolute Gasteiger partial charge is 0.261 e. The number of ether oxygens (including phenoxy) is 2. The van der Waals surface area contributed by atoms with Gasteiger partial charge in [-0.25, -0.2) is 13.4 Å².